The Labute approximate surface area is 159 Å². The SMILES string of the molecule is CC[C@@H](C)c1ccc(S(=O)(=O)NNC(=O)CSc2ccc(C)cc2)cc1. The lowest BCUT2D eigenvalue weighted by Gasteiger charge is -2.11. The summed E-state index contributed by atoms with van der Waals surface area (Å²) in [4.78, 5) is 15.1. The second-order valence-corrected chi connectivity index (χ2v) is 8.86. The molecule has 26 heavy (non-hydrogen) atoms. The number of aryl methyl sites for hydroxylation is 1. The van der Waals surface area contributed by atoms with Crippen LogP contribution in [0.2, 0.25) is 0 Å². The Kier molecular flexibility index (Phi) is 7.25. The van der Waals surface area contributed by atoms with Crippen molar-refractivity contribution in [3.8, 4) is 0 Å². The quantitative estimate of drug-likeness (QED) is 0.532. The Morgan fingerprint density at radius 2 is 1.69 bits per heavy atom. The topological polar surface area (TPSA) is 75.3 Å². The van der Waals surface area contributed by atoms with Gasteiger partial charge in [-0.2, -0.15) is 0 Å². The van der Waals surface area contributed by atoms with Gasteiger partial charge in [0.25, 0.3) is 10.0 Å². The number of hydrogen-bond donors (Lipinski definition) is 2. The van der Waals surface area contributed by atoms with Crippen LogP contribution in [0, 0.1) is 6.92 Å². The fourth-order valence-electron chi connectivity index (χ4n) is 2.21. The molecule has 2 aromatic carbocycles. The van der Waals surface area contributed by atoms with Crippen LogP contribution in [0.5, 0.6) is 0 Å². The Morgan fingerprint density at radius 3 is 2.27 bits per heavy atom. The summed E-state index contributed by atoms with van der Waals surface area (Å²) < 4.78 is 24.5. The van der Waals surface area contributed by atoms with E-state index in [2.05, 4.69) is 24.1 Å². The standard InChI is InChI=1S/C19H24N2O3S2/c1-4-15(3)16-7-11-18(12-8-16)26(23,24)21-20-19(22)13-25-17-9-5-14(2)6-10-17/h5-12,15,21H,4,13H2,1-3H3,(H,20,22)/t15-/m1/s1. The van der Waals surface area contributed by atoms with Gasteiger partial charge < -0.3 is 0 Å². The van der Waals surface area contributed by atoms with Crippen molar-refractivity contribution in [2.24, 2.45) is 0 Å². The highest BCUT2D eigenvalue weighted by molar-refractivity contribution is 8.00. The number of nitrogens with one attached hydrogen (secondary N) is 2. The number of carbonyl (C=O) groups is 1. The van der Waals surface area contributed by atoms with E-state index in [0.717, 1.165) is 22.4 Å². The summed E-state index contributed by atoms with van der Waals surface area (Å²) in [6.07, 6.45) is 0.985. The average molecular weight is 393 g/mol. The van der Waals surface area contributed by atoms with E-state index in [1.807, 2.05) is 31.2 Å². The minimum absolute atomic E-state index is 0.121. The van der Waals surface area contributed by atoms with Crippen LogP contribution >= 0.6 is 11.8 Å². The molecular weight excluding hydrogens is 368 g/mol. The van der Waals surface area contributed by atoms with Gasteiger partial charge in [0.1, 0.15) is 0 Å². The fourth-order valence-corrected chi connectivity index (χ4v) is 3.77. The lowest BCUT2D eigenvalue weighted by atomic mass is 9.99. The number of benzene rings is 2. The van der Waals surface area contributed by atoms with Gasteiger partial charge in [-0.15, -0.1) is 16.6 Å². The number of carbonyl (C=O) groups excluding carboxylic acids is 1. The zero-order valence-corrected chi connectivity index (χ0v) is 16.8. The molecule has 0 saturated heterocycles. The summed E-state index contributed by atoms with van der Waals surface area (Å²) in [6.45, 7) is 6.17. The summed E-state index contributed by atoms with van der Waals surface area (Å²) >= 11 is 1.34. The minimum atomic E-state index is -3.78. The average Bonchev–Trinajstić information content (AvgIpc) is 2.65. The fraction of sp³-hybridized carbons (Fsp3) is 0.316. The van der Waals surface area contributed by atoms with Crippen LogP contribution < -0.4 is 10.3 Å². The highest BCUT2D eigenvalue weighted by atomic mass is 32.2. The van der Waals surface area contributed by atoms with Gasteiger partial charge in [-0.1, -0.05) is 43.7 Å². The summed E-state index contributed by atoms with van der Waals surface area (Å²) in [5.74, 6) is 0.0898. The van der Waals surface area contributed by atoms with E-state index < -0.39 is 15.9 Å². The molecule has 0 aliphatic heterocycles. The lowest BCUT2D eigenvalue weighted by Crippen LogP contribution is -2.42. The maximum absolute atomic E-state index is 12.3. The van der Waals surface area contributed by atoms with Crippen molar-refractivity contribution in [3.05, 3.63) is 59.7 Å². The molecule has 0 aliphatic carbocycles. The number of hydrazine groups is 1. The van der Waals surface area contributed by atoms with Crippen molar-refractivity contribution in [2.45, 2.75) is 42.9 Å². The number of hydrogen-bond acceptors (Lipinski definition) is 4. The first-order chi connectivity index (χ1) is 12.3. The Morgan fingerprint density at radius 1 is 1.08 bits per heavy atom. The van der Waals surface area contributed by atoms with Crippen molar-refractivity contribution in [1.82, 2.24) is 10.3 Å². The van der Waals surface area contributed by atoms with Crippen LogP contribution in [0.25, 0.3) is 0 Å². The van der Waals surface area contributed by atoms with Crippen LogP contribution in [0.4, 0.5) is 0 Å². The summed E-state index contributed by atoms with van der Waals surface area (Å²) in [5.41, 5.74) is 4.49. The Bertz CT molecular complexity index is 832. The summed E-state index contributed by atoms with van der Waals surface area (Å²) in [5, 5.41) is 0. The number of rotatable bonds is 8. The van der Waals surface area contributed by atoms with Crippen LogP contribution in [0.15, 0.2) is 58.3 Å². The number of amides is 1. The summed E-state index contributed by atoms with van der Waals surface area (Å²) in [7, 11) is -3.78. The van der Waals surface area contributed by atoms with Crippen molar-refractivity contribution < 1.29 is 13.2 Å². The van der Waals surface area contributed by atoms with E-state index in [9.17, 15) is 13.2 Å². The van der Waals surface area contributed by atoms with Crippen LogP contribution in [-0.2, 0) is 14.8 Å². The van der Waals surface area contributed by atoms with Gasteiger partial charge >= 0.3 is 0 Å². The molecular formula is C19H24N2O3S2. The molecule has 0 radical (unpaired) electrons. The van der Waals surface area contributed by atoms with Crippen molar-refractivity contribution in [3.63, 3.8) is 0 Å². The predicted octanol–water partition coefficient (Wildman–Crippen LogP) is 3.61. The molecule has 1 atom stereocenters. The molecule has 0 unspecified atom stereocenters. The number of sulfonamides is 1. The lowest BCUT2D eigenvalue weighted by molar-refractivity contribution is -0.119. The summed E-state index contributed by atoms with van der Waals surface area (Å²) in [6, 6.07) is 14.5. The van der Waals surface area contributed by atoms with E-state index >= 15 is 0 Å². The van der Waals surface area contributed by atoms with E-state index in [4.69, 9.17) is 0 Å². The van der Waals surface area contributed by atoms with Crippen molar-refractivity contribution >= 4 is 27.7 Å². The third-order valence-corrected chi connectivity index (χ3v) is 6.36. The molecule has 2 N–H and O–H groups in total. The van der Waals surface area contributed by atoms with E-state index in [-0.39, 0.29) is 10.6 Å². The zero-order chi connectivity index (χ0) is 19.2. The van der Waals surface area contributed by atoms with Gasteiger partial charge in [0.05, 0.1) is 10.6 Å². The molecule has 0 saturated carbocycles. The minimum Gasteiger partial charge on any atom is -0.277 e. The van der Waals surface area contributed by atoms with Crippen molar-refractivity contribution in [2.75, 3.05) is 5.75 Å². The molecule has 0 fully saturated rings. The van der Waals surface area contributed by atoms with Gasteiger partial charge in [-0.25, -0.2) is 8.42 Å². The number of thioether (sulfide) groups is 1. The third kappa shape index (κ3) is 5.86. The van der Waals surface area contributed by atoms with Gasteiger partial charge in [0, 0.05) is 4.90 Å². The van der Waals surface area contributed by atoms with Gasteiger partial charge in [0.15, 0.2) is 0 Å². The molecule has 2 aromatic rings. The highest BCUT2D eigenvalue weighted by Crippen LogP contribution is 2.20. The van der Waals surface area contributed by atoms with Crippen molar-refractivity contribution in [1.29, 1.82) is 0 Å². The predicted molar refractivity (Wildman–Crippen MR) is 106 cm³/mol. The van der Waals surface area contributed by atoms with Crippen LogP contribution in [0.3, 0.4) is 0 Å². The third-order valence-electron chi connectivity index (χ3n) is 4.09. The maximum Gasteiger partial charge on any atom is 0.257 e. The Hall–Kier alpha value is -1.83. The van der Waals surface area contributed by atoms with Gasteiger partial charge in [0.2, 0.25) is 5.91 Å². The normalized spacial score (nSPS) is 12.6. The molecule has 0 spiro atoms. The smallest absolute Gasteiger partial charge is 0.257 e. The van der Waals surface area contributed by atoms with Crippen LogP contribution in [-0.4, -0.2) is 20.1 Å². The highest BCUT2D eigenvalue weighted by Gasteiger charge is 2.15. The van der Waals surface area contributed by atoms with E-state index in [1.165, 1.54) is 11.8 Å². The van der Waals surface area contributed by atoms with Crippen LogP contribution in [0.1, 0.15) is 37.3 Å². The molecule has 0 aliphatic rings. The van der Waals surface area contributed by atoms with Gasteiger partial charge in [-0.3, -0.25) is 10.2 Å². The maximum atomic E-state index is 12.3. The zero-order valence-electron chi connectivity index (χ0n) is 15.2. The van der Waals surface area contributed by atoms with E-state index in [0.29, 0.717) is 5.92 Å². The Balaban J connectivity index is 1.88. The largest absolute Gasteiger partial charge is 0.277 e. The molecule has 0 bridgehead atoms. The molecule has 0 heterocycles. The van der Waals surface area contributed by atoms with Gasteiger partial charge in [-0.05, 0) is 49.1 Å². The first kappa shape index (κ1) is 20.5. The molecule has 0 aromatic heterocycles. The molecule has 140 valence electrons. The molecule has 1 amide bonds. The first-order valence-corrected chi connectivity index (χ1v) is 10.9. The first-order valence-electron chi connectivity index (χ1n) is 8.42. The second kappa shape index (κ2) is 9.21. The molecule has 5 nitrogen and oxygen atoms in total. The molecule has 2 rings (SSSR count). The van der Waals surface area contributed by atoms with E-state index in [1.54, 1.807) is 24.3 Å². The molecule has 7 heteroatoms. The second-order valence-electron chi connectivity index (χ2n) is 6.13. The monoisotopic (exact) mass is 392 g/mol.